The van der Waals surface area contributed by atoms with E-state index in [1.807, 2.05) is 30.3 Å². The molecule has 8 heteroatoms. The largest absolute Gasteiger partial charge is 0.493 e. The van der Waals surface area contributed by atoms with Crippen molar-refractivity contribution in [1.29, 1.82) is 0 Å². The zero-order valence-electron chi connectivity index (χ0n) is 16.9. The van der Waals surface area contributed by atoms with Gasteiger partial charge in [-0.25, -0.2) is 4.79 Å². The van der Waals surface area contributed by atoms with Gasteiger partial charge in [0.1, 0.15) is 6.61 Å². The number of carbonyl (C=O) groups excluding carboxylic acids is 2. The van der Waals surface area contributed by atoms with Crippen LogP contribution < -0.4 is 20.5 Å². The molecule has 0 unspecified atom stereocenters. The lowest BCUT2D eigenvalue weighted by atomic mass is 10.2. The van der Waals surface area contributed by atoms with Crippen molar-refractivity contribution in [1.82, 2.24) is 4.90 Å². The SMILES string of the molecule is COc1cc(N)c(NC(=O)CCCN(C)C(=O)OCc2ccccc2)cc1OC. The first-order valence-electron chi connectivity index (χ1n) is 9.17. The Bertz CT molecular complexity index is 827. The maximum absolute atomic E-state index is 12.2. The molecule has 0 radical (unpaired) electrons. The Balaban J connectivity index is 1.77. The fraction of sp³-hybridized carbons (Fsp3) is 0.333. The highest BCUT2D eigenvalue weighted by atomic mass is 16.6. The summed E-state index contributed by atoms with van der Waals surface area (Å²) in [6.45, 7) is 0.603. The van der Waals surface area contributed by atoms with Crippen LogP contribution in [0.4, 0.5) is 16.2 Å². The molecule has 0 fully saturated rings. The topological polar surface area (TPSA) is 103 Å². The van der Waals surface area contributed by atoms with Crippen LogP contribution in [0, 0.1) is 0 Å². The Morgan fingerprint density at radius 2 is 1.72 bits per heavy atom. The average Bonchev–Trinajstić information content (AvgIpc) is 2.73. The van der Waals surface area contributed by atoms with Crippen LogP contribution in [0.3, 0.4) is 0 Å². The van der Waals surface area contributed by atoms with Gasteiger partial charge in [0.25, 0.3) is 0 Å². The molecule has 0 bridgehead atoms. The van der Waals surface area contributed by atoms with Gasteiger partial charge in [-0.3, -0.25) is 4.79 Å². The highest BCUT2D eigenvalue weighted by molar-refractivity contribution is 5.94. The van der Waals surface area contributed by atoms with E-state index in [0.29, 0.717) is 35.8 Å². The van der Waals surface area contributed by atoms with Crippen LogP contribution in [-0.4, -0.2) is 44.7 Å². The minimum Gasteiger partial charge on any atom is -0.493 e. The fourth-order valence-corrected chi connectivity index (χ4v) is 2.61. The molecule has 8 nitrogen and oxygen atoms in total. The predicted octanol–water partition coefficient (Wildman–Crippen LogP) is 3.27. The lowest BCUT2D eigenvalue weighted by Gasteiger charge is -2.17. The number of benzene rings is 2. The Labute approximate surface area is 170 Å². The standard InChI is InChI=1S/C21H27N3O5/c1-24(21(26)29-14-15-8-5-4-6-9-15)11-7-10-20(25)23-17-13-19(28-3)18(27-2)12-16(17)22/h4-6,8-9,12-13H,7,10-11,14,22H2,1-3H3,(H,23,25). The molecule has 0 aliphatic rings. The number of nitrogens with zero attached hydrogens (tertiary/aromatic N) is 1. The zero-order valence-corrected chi connectivity index (χ0v) is 16.9. The monoisotopic (exact) mass is 401 g/mol. The first-order valence-corrected chi connectivity index (χ1v) is 9.17. The van der Waals surface area contributed by atoms with Gasteiger partial charge in [-0.2, -0.15) is 0 Å². The lowest BCUT2D eigenvalue weighted by molar-refractivity contribution is -0.116. The van der Waals surface area contributed by atoms with Gasteiger partial charge in [-0.15, -0.1) is 0 Å². The van der Waals surface area contributed by atoms with Crippen molar-refractivity contribution < 1.29 is 23.8 Å². The van der Waals surface area contributed by atoms with Gasteiger partial charge < -0.3 is 30.2 Å². The average molecular weight is 401 g/mol. The lowest BCUT2D eigenvalue weighted by Crippen LogP contribution is -2.29. The van der Waals surface area contributed by atoms with Gasteiger partial charge >= 0.3 is 6.09 Å². The number of nitrogens with one attached hydrogen (secondary N) is 1. The Morgan fingerprint density at radius 3 is 2.38 bits per heavy atom. The van der Waals surface area contributed by atoms with Crippen LogP contribution in [0.1, 0.15) is 18.4 Å². The summed E-state index contributed by atoms with van der Waals surface area (Å²) in [6, 6.07) is 12.6. The van der Waals surface area contributed by atoms with Crippen LogP contribution in [0.25, 0.3) is 0 Å². The smallest absolute Gasteiger partial charge is 0.409 e. The second kappa shape index (κ2) is 10.8. The number of ether oxygens (including phenoxy) is 3. The number of hydrogen-bond donors (Lipinski definition) is 2. The first-order chi connectivity index (χ1) is 13.9. The molecule has 0 atom stereocenters. The van der Waals surface area contributed by atoms with Crippen molar-refractivity contribution in [3.63, 3.8) is 0 Å². The molecule has 2 amide bonds. The number of carbonyl (C=O) groups is 2. The van der Waals surface area contributed by atoms with Gasteiger partial charge in [0.05, 0.1) is 25.6 Å². The molecule has 29 heavy (non-hydrogen) atoms. The normalized spacial score (nSPS) is 10.2. The van der Waals surface area contributed by atoms with E-state index in [0.717, 1.165) is 5.56 Å². The predicted molar refractivity (Wildman–Crippen MR) is 111 cm³/mol. The van der Waals surface area contributed by atoms with Crippen molar-refractivity contribution in [2.45, 2.75) is 19.4 Å². The molecule has 0 aromatic heterocycles. The van der Waals surface area contributed by atoms with E-state index < -0.39 is 6.09 Å². The van der Waals surface area contributed by atoms with Crippen LogP contribution in [0.2, 0.25) is 0 Å². The number of nitrogens with two attached hydrogens (primary N) is 1. The number of rotatable bonds is 9. The van der Waals surface area contributed by atoms with Crippen molar-refractivity contribution >= 4 is 23.4 Å². The van der Waals surface area contributed by atoms with Crippen LogP contribution >= 0.6 is 0 Å². The molecule has 0 saturated carbocycles. The van der Waals surface area contributed by atoms with Gasteiger partial charge in [0.15, 0.2) is 11.5 Å². The molecule has 3 N–H and O–H groups in total. The van der Waals surface area contributed by atoms with Crippen molar-refractivity contribution in [2.24, 2.45) is 0 Å². The second-order valence-corrected chi connectivity index (χ2v) is 6.41. The number of hydrogen-bond acceptors (Lipinski definition) is 6. The molecule has 156 valence electrons. The van der Waals surface area contributed by atoms with Crippen LogP contribution in [0.5, 0.6) is 11.5 Å². The molecule has 2 aromatic rings. The molecule has 2 aromatic carbocycles. The molecule has 0 aliphatic carbocycles. The summed E-state index contributed by atoms with van der Waals surface area (Å²) < 4.78 is 15.6. The number of methoxy groups -OCH3 is 2. The van der Waals surface area contributed by atoms with E-state index in [4.69, 9.17) is 19.9 Å². The number of amides is 2. The minimum absolute atomic E-state index is 0.211. The molecule has 0 spiro atoms. The summed E-state index contributed by atoms with van der Waals surface area (Å²) in [5.74, 6) is 0.742. The maximum atomic E-state index is 12.2. The summed E-state index contributed by atoms with van der Waals surface area (Å²) >= 11 is 0. The molecular weight excluding hydrogens is 374 g/mol. The van der Waals surface area contributed by atoms with E-state index >= 15 is 0 Å². The van der Waals surface area contributed by atoms with Gasteiger partial charge in [-0.1, -0.05) is 30.3 Å². The highest BCUT2D eigenvalue weighted by Gasteiger charge is 2.13. The summed E-state index contributed by atoms with van der Waals surface area (Å²) in [7, 11) is 4.65. The zero-order chi connectivity index (χ0) is 21.2. The van der Waals surface area contributed by atoms with Crippen LogP contribution in [-0.2, 0) is 16.1 Å². The van der Waals surface area contributed by atoms with Gasteiger partial charge in [-0.05, 0) is 12.0 Å². The van der Waals surface area contributed by atoms with Crippen molar-refractivity contribution in [2.75, 3.05) is 38.9 Å². The summed E-state index contributed by atoms with van der Waals surface area (Å²) in [6.07, 6.45) is 0.276. The second-order valence-electron chi connectivity index (χ2n) is 6.41. The molecule has 2 rings (SSSR count). The molecule has 0 aliphatic heterocycles. The van der Waals surface area contributed by atoms with Gasteiger partial charge in [0.2, 0.25) is 5.91 Å². The first kappa shape index (κ1) is 21.9. The summed E-state index contributed by atoms with van der Waals surface area (Å²) in [5.41, 5.74) is 7.69. The Morgan fingerprint density at radius 1 is 1.07 bits per heavy atom. The molecule has 0 heterocycles. The van der Waals surface area contributed by atoms with Crippen molar-refractivity contribution in [3.05, 3.63) is 48.0 Å². The van der Waals surface area contributed by atoms with E-state index in [9.17, 15) is 9.59 Å². The third kappa shape index (κ3) is 6.60. The molecule has 0 saturated heterocycles. The highest BCUT2D eigenvalue weighted by Crippen LogP contribution is 2.34. The molecular formula is C21H27N3O5. The van der Waals surface area contributed by atoms with E-state index in [2.05, 4.69) is 5.32 Å². The Hall–Kier alpha value is -3.42. The summed E-state index contributed by atoms with van der Waals surface area (Å²) in [5, 5.41) is 2.75. The third-order valence-electron chi connectivity index (χ3n) is 4.24. The Kier molecular flexibility index (Phi) is 8.14. The minimum atomic E-state index is -0.432. The van der Waals surface area contributed by atoms with E-state index in [1.165, 1.54) is 19.1 Å². The fourth-order valence-electron chi connectivity index (χ4n) is 2.61. The van der Waals surface area contributed by atoms with Crippen molar-refractivity contribution in [3.8, 4) is 11.5 Å². The van der Waals surface area contributed by atoms with E-state index in [-0.39, 0.29) is 18.9 Å². The quantitative estimate of drug-likeness (QED) is 0.625. The van der Waals surface area contributed by atoms with Crippen LogP contribution in [0.15, 0.2) is 42.5 Å². The summed E-state index contributed by atoms with van der Waals surface area (Å²) in [4.78, 5) is 25.7. The van der Waals surface area contributed by atoms with E-state index in [1.54, 1.807) is 19.2 Å². The third-order valence-corrected chi connectivity index (χ3v) is 4.24. The van der Waals surface area contributed by atoms with Gasteiger partial charge in [0, 0.05) is 32.1 Å². The maximum Gasteiger partial charge on any atom is 0.409 e. The number of anilines is 2. The number of nitrogen functional groups attached to an aromatic ring is 1.